The van der Waals surface area contributed by atoms with Crippen LogP contribution in [-0.2, 0) is 0 Å². The van der Waals surface area contributed by atoms with Crippen molar-refractivity contribution in [2.24, 2.45) is 0 Å². The molecule has 26 heavy (non-hydrogen) atoms. The fourth-order valence-corrected chi connectivity index (χ4v) is 2.05. The molecule has 0 heterocycles. The number of ether oxygens (including phenoxy) is 1. The Morgan fingerprint density at radius 2 is 1.81 bits per heavy atom. The number of carbonyl (C=O) groups is 2. The number of imide groups is 1. The molecular formula is C16H15ClN4O5. The van der Waals surface area contributed by atoms with Crippen LogP contribution in [0.4, 0.5) is 10.5 Å². The van der Waals surface area contributed by atoms with Gasteiger partial charge in [0.05, 0.1) is 4.92 Å². The molecule has 9 nitrogen and oxygen atoms in total. The Kier molecular flexibility index (Phi) is 6.10. The lowest BCUT2D eigenvalue weighted by Gasteiger charge is -2.12. The number of urea groups is 1. The van der Waals surface area contributed by atoms with E-state index in [1.54, 1.807) is 38.4 Å². The van der Waals surface area contributed by atoms with Gasteiger partial charge < -0.3 is 4.74 Å². The van der Waals surface area contributed by atoms with Crippen molar-refractivity contribution in [3.05, 3.63) is 63.2 Å². The summed E-state index contributed by atoms with van der Waals surface area (Å²) in [6.07, 6.45) is 0. The van der Waals surface area contributed by atoms with Gasteiger partial charge in [-0.05, 0) is 36.4 Å². The monoisotopic (exact) mass is 378 g/mol. The third-order valence-corrected chi connectivity index (χ3v) is 3.26. The number of hydrazine groups is 1. The Morgan fingerprint density at radius 3 is 2.38 bits per heavy atom. The smallest absolute Gasteiger partial charge is 0.336 e. The van der Waals surface area contributed by atoms with E-state index in [0.29, 0.717) is 10.8 Å². The number of rotatable bonds is 5. The van der Waals surface area contributed by atoms with Crippen LogP contribution in [0.5, 0.6) is 11.5 Å². The zero-order valence-electron chi connectivity index (χ0n) is 13.9. The predicted octanol–water partition coefficient (Wildman–Crippen LogP) is 2.96. The number of carbonyl (C=O) groups excluding carboxylic acids is 2. The SMILES string of the molecule is CN(C)NC(=O)NC(=O)c1ccc(Oc2ccc(Cl)cc2)c([N+](=O)[O-])c1. The lowest BCUT2D eigenvalue weighted by atomic mass is 10.1. The van der Waals surface area contributed by atoms with Gasteiger partial charge >= 0.3 is 11.7 Å². The first-order chi connectivity index (χ1) is 12.3. The molecule has 10 heteroatoms. The summed E-state index contributed by atoms with van der Waals surface area (Å²) in [5, 5.41) is 15.2. The van der Waals surface area contributed by atoms with E-state index in [4.69, 9.17) is 16.3 Å². The molecule has 2 aromatic carbocycles. The zero-order valence-corrected chi connectivity index (χ0v) is 14.6. The number of nitrogens with zero attached hydrogens (tertiary/aromatic N) is 2. The molecule has 0 bridgehead atoms. The summed E-state index contributed by atoms with van der Waals surface area (Å²) in [7, 11) is 3.13. The van der Waals surface area contributed by atoms with E-state index >= 15 is 0 Å². The molecule has 2 aromatic rings. The van der Waals surface area contributed by atoms with Crippen molar-refractivity contribution in [1.82, 2.24) is 15.8 Å². The highest BCUT2D eigenvalue weighted by Gasteiger charge is 2.20. The number of amides is 3. The Morgan fingerprint density at radius 1 is 1.15 bits per heavy atom. The number of hydrogen-bond acceptors (Lipinski definition) is 6. The second-order valence-electron chi connectivity index (χ2n) is 5.29. The summed E-state index contributed by atoms with van der Waals surface area (Å²) in [6, 6.07) is 9.13. The van der Waals surface area contributed by atoms with E-state index in [0.717, 1.165) is 6.07 Å². The average molecular weight is 379 g/mol. The Bertz CT molecular complexity index is 839. The van der Waals surface area contributed by atoms with Crippen LogP contribution in [0.1, 0.15) is 10.4 Å². The quantitative estimate of drug-likeness (QED) is 0.610. The molecule has 0 aromatic heterocycles. The summed E-state index contributed by atoms with van der Waals surface area (Å²) in [5.41, 5.74) is 1.85. The standard InChI is InChI=1S/C16H15ClN4O5/c1-20(2)19-16(23)18-15(22)10-3-8-14(13(9-10)21(24)25)26-12-6-4-11(17)5-7-12/h3-9H,1-2H3,(H2,18,19,22,23). The van der Waals surface area contributed by atoms with Crippen LogP contribution in [-0.4, -0.2) is 36.0 Å². The lowest BCUT2D eigenvalue weighted by molar-refractivity contribution is -0.385. The highest BCUT2D eigenvalue weighted by molar-refractivity contribution is 6.30. The van der Waals surface area contributed by atoms with Gasteiger partial charge in [-0.3, -0.25) is 25.7 Å². The molecule has 0 aliphatic carbocycles. The predicted molar refractivity (Wildman–Crippen MR) is 94.3 cm³/mol. The van der Waals surface area contributed by atoms with Crippen LogP contribution in [0.3, 0.4) is 0 Å². The van der Waals surface area contributed by atoms with Gasteiger partial charge in [0.2, 0.25) is 5.75 Å². The summed E-state index contributed by atoms with van der Waals surface area (Å²) in [4.78, 5) is 34.2. The number of nitro benzene ring substituents is 1. The van der Waals surface area contributed by atoms with Gasteiger partial charge in [0.15, 0.2) is 0 Å². The Hall–Kier alpha value is -3.17. The van der Waals surface area contributed by atoms with E-state index in [-0.39, 0.29) is 11.3 Å². The van der Waals surface area contributed by atoms with Crippen molar-refractivity contribution in [3.63, 3.8) is 0 Å². The topological polar surface area (TPSA) is 114 Å². The maximum absolute atomic E-state index is 12.0. The zero-order chi connectivity index (χ0) is 19.3. The van der Waals surface area contributed by atoms with Gasteiger partial charge in [-0.25, -0.2) is 9.80 Å². The first-order valence-corrected chi connectivity index (χ1v) is 7.65. The van der Waals surface area contributed by atoms with Crippen LogP contribution in [0.25, 0.3) is 0 Å². The molecule has 0 radical (unpaired) electrons. The van der Waals surface area contributed by atoms with Crippen molar-refractivity contribution < 1.29 is 19.2 Å². The second-order valence-corrected chi connectivity index (χ2v) is 5.72. The van der Waals surface area contributed by atoms with E-state index in [1.165, 1.54) is 17.1 Å². The fraction of sp³-hybridized carbons (Fsp3) is 0.125. The van der Waals surface area contributed by atoms with Crippen molar-refractivity contribution in [1.29, 1.82) is 0 Å². The Balaban J connectivity index is 2.22. The molecule has 136 valence electrons. The molecule has 0 saturated carbocycles. The summed E-state index contributed by atoms with van der Waals surface area (Å²) >= 11 is 5.78. The minimum absolute atomic E-state index is 0.0494. The minimum atomic E-state index is -0.787. The van der Waals surface area contributed by atoms with Crippen LogP contribution >= 0.6 is 11.6 Å². The molecule has 0 aliphatic rings. The van der Waals surface area contributed by atoms with Crippen LogP contribution in [0, 0.1) is 10.1 Å². The molecule has 0 saturated heterocycles. The number of hydrogen-bond donors (Lipinski definition) is 2. The van der Waals surface area contributed by atoms with Gasteiger partial charge in [0.1, 0.15) is 5.75 Å². The molecule has 0 unspecified atom stereocenters. The average Bonchev–Trinajstić information content (AvgIpc) is 2.56. The molecule has 3 amide bonds. The van der Waals surface area contributed by atoms with Gasteiger partial charge in [0, 0.05) is 30.7 Å². The summed E-state index contributed by atoms with van der Waals surface area (Å²) in [6.45, 7) is 0. The van der Waals surface area contributed by atoms with Crippen molar-refractivity contribution in [2.75, 3.05) is 14.1 Å². The third kappa shape index (κ3) is 5.16. The second kappa shape index (κ2) is 8.28. The largest absolute Gasteiger partial charge is 0.450 e. The maximum atomic E-state index is 12.0. The van der Waals surface area contributed by atoms with Crippen molar-refractivity contribution in [2.45, 2.75) is 0 Å². The third-order valence-electron chi connectivity index (χ3n) is 3.01. The first-order valence-electron chi connectivity index (χ1n) is 7.27. The van der Waals surface area contributed by atoms with E-state index in [2.05, 4.69) is 10.7 Å². The molecular weight excluding hydrogens is 364 g/mol. The van der Waals surface area contributed by atoms with Crippen LogP contribution < -0.4 is 15.5 Å². The number of halogens is 1. The van der Waals surface area contributed by atoms with Gasteiger partial charge in [-0.2, -0.15) is 0 Å². The Labute approximate surface area is 153 Å². The fourth-order valence-electron chi connectivity index (χ4n) is 1.92. The van der Waals surface area contributed by atoms with Crippen molar-refractivity contribution >= 4 is 29.2 Å². The number of benzene rings is 2. The van der Waals surface area contributed by atoms with Gasteiger partial charge in [0.25, 0.3) is 5.91 Å². The molecule has 0 aliphatic heterocycles. The van der Waals surface area contributed by atoms with Crippen LogP contribution in [0.15, 0.2) is 42.5 Å². The van der Waals surface area contributed by atoms with E-state index in [1.807, 2.05) is 0 Å². The van der Waals surface area contributed by atoms with Crippen LogP contribution in [0.2, 0.25) is 5.02 Å². The molecule has 0 atom stereocenters. The normalized spacial score (nSPS) is 10.3. The number of nitro groups is 1. The van der Waals surface area contributed by atoms with E-state index < -0.39 is 22.5 Å². The van der Waals surface area contributed by atoms with Gasteiger partial charge in [-0.15, -0.1) is 0 Å². The maximum Gasteiger partial charge on any atom is 0.336 e. The highest BCUT2D eigenvalue weighted by Crippen LogP contribution is 2.32. The molecule has 0 spiro atoms. The molecule has 2 rings (SSSR count). The summed E-state index contributed by atoms with van der Waals surface area (Å²) in [5.74, 6) is -0.489. The van der Waals surface area contributed by atoms with Crippen molar-refractivity contribution in [3.8, 4) is 11.5 Å². The first kappa shape index (κ1) is 19.2. The lowest BCUT2D eigenvalue weighted by Crippen LogP contribution is -2.45. The molecule has 0 fully saturated rings. The minimum Gasteiger partial charge on any atom is -0.450 e. The highest BCUT2D eigenvalue weighted by atomic mass is 35.5. The van der Waals surface area contributed by atoms with Gasteiger partial charge in [-0.1, -0.05) is 11.6 Å². The van der Waals surface area contributed by atoms with E-state index in [9.17, 15) is 19.7 Å². The summed E-state index contributed by atoms with van der Waals surface area (Å²) < 4.78 is 5.48. The molecule has 2 N–H and O–H groups in total. The number of nitrogens with one attached hydrogen (secondary N) is 2.